The number of benzene rings is 2. The first-order valence-electron chi connectivity index (χ1n) is 12.3. The zero-order chi connectivity index (χ0) is 28.3. The quantitative estimate of drug-likeness (QED) is 0.287. The van der Waals surface area contributed by atoms with Crippen molar-refractivity contribution in [3.8, 4) is 0 Å². The number of amides is 2. The van der Waals surface area contributed by atoms with E-state index in [2.05, 4.69) is 27.1 Å². The topological polar surface area (TPSA) is 148 Å². The third-order valence-electron chi connectivity index (χ3n) is 6.41. The maximum atomic E-state index is 12.8. The molecular weight excluding hydrogens is 538 g/mol. The number of rotatable bonds is 7. The fourth-order valence-corrected chi connectivity index (χ4v) is 5.04. The molecule has 204 valence electrons. The van der Waals surface area contributed by atoms with E-state index < -0.39 is 17.6 Å². The maximum absolute atomic E-state index is 12.8. The second-order valence-corrected chi connectivity index (χ2v) is 11.2. The summed E-state index contributed by atoms with van der Waals surface area (Å²) in [6, 6.07) is 11.1. The Bertz CT molecular complexity index is 1400. The van der Waals surface area contributed by atoms with Gasteiger partial charge in [-0.1, -0.05) is 41.6 Å². The number of hydrogen-bond acceptors (Lipinski definition) is 9. The predicted molar refractivity (Wildman–Crippen MR) is 153 cm³/mol. The number of halogens is 1. The summed E-state index contributed by atoms with van der Waals surface area (Å²) >= 11 is 7.87. The van der Waals surface area contributed by atoms with Crippen molar-refractivity contribution < 1.29 is 14.4 Å². The molecule has 10 nitrogen and oxygen atoms in total. The lowest BCUT2D eigenvalue weighted by Gasteiger charge is -2.37. The van der Waals surface area contributed by atoms with Crippen LogP contribution in [0.4, 0.5) is 17.3 Å². The number of Topliss-reactive ketones (excluding diaryl/α,β-unsaturated/α-hetero) is 1. The zero-order valence-corrected chi connectivity index (χ0v) is 23.5. The number of aromatic nitrogens is 2. The van der Waals surface area contributed by atoms with Gasteiger partial charge in [-0.15, -0.1) is 0 Å². The van der Waals surface area contributed by atoms with Crippen LogP contribution < -0.4 is 21.7 Å². The molecule has 1 fully saturated rings. The molecule has 0 saturated carbocycles. The van der Waals surface area contributed by atoms with Crippen LogP contribution in [0.2, 0.25) is 5.02 Å². The summed E-state index contributed by atoms with van der Waals surface area (Å²) in [5.41, 5.74) is 13.2. The summed E-state index contributed by atoms with van der Waals surface area (Å²) in [6.45, 7) is 3.63. The Morgan fingerprint density at radius 1 is 1.08 bits per heavy atom. The Hall–Kier alpha value is -3.67. The number of carbonyl (C=O) groups excluding carboxylic acids is 3. The van der Waals surface area contributed by atoms with E-state index in [0.29, 0.717) is 32.0 Å². The molecule has 2 amide bonds. The van der Waals surface area contributed by atoms with Crippen molar-refractivity contribution in [2.75, 3.05) is 43.1 Å². The minimum absolute atomic E-state index is 0.169. The van der Waals surface area contributed by atoms with E-state index in [1.165, 1.54) is 55.0 Å². The summed E-state index contributed by atoms with van der Waals surface area (Å²) in [4.78, 5) is 50.0. The molecule has 0 atom stereocenters. The SMILES string of the molecule is CN(C)C(=O)C(=O)c1ccc(C(=O)Nc2cccc(Sc3ncc(N4CCC(C)(N)CC4)nc3N)c2Cl)cc1. The van der Waals surface area contributed by atoms with Crippen LogP contribution in [0.25, 0.3) is 0 Å². The van der Waals surface area contributed by atoms with Crippen molar-refractivity contribution in [3.05, 3.63) is 64.8 Å². The Kier molecular flexibility index (Phi) is 8.43. The van der Waals surface area contributed by atoms with Gasteiger partial charge in [-0.3, -0.25) is 14.4 Å². The minimum Gasteiger partial charge on any atom is -0.381 e. The average molecular weight is 568 g/mol. The van der Waals surface area contributed by atoms with Gasteiger partial charge in [-0.25, -0.2) is 9.97 Å². The number of nitrogens with zero attached hydrogens (tertiary/aromatic N) is 4. The summed E-state index contributed by atoms with van der Waals surface area (Å²) in [6.07, 6.45) is 3.41. The minimum atomic E-state index is -0.649. The summed E-state index contributed by atoms with van der Waals surface area (Å²) in [5.74, 6) is -0.719. The van der Waals surface area contributed by atoms with E-state index in [1.807, 2.05) is 0 Å². The molecule has 1 aromatic heterocycles. The normalized spacial score (nSPS) is 14.5. The molecule has 2 heterocycles. The largest absolute Gasteiger partial charge is 0.381 e. The van der Waals surface area contributed by atoms with Crippen LogP contribution in [0.3, 0.4) is 0 Å². The molecule has 1 saturated heterocycles. The smallest absolute Gasteiger partial charge is 0.294 e. The number of carbonyl (C=O) groups is 3. The highest BCUT2D eigenvalue weighted by Crippen LogP contribution is 2.39. The van der Waals surface area contributed by atoms with Gasteiger partial charge >= 0.3 is 0 Å². The van der Waals surface area contributed by atoms with Gasteiger partial charge in [-0.05, 0) is 44.0 Å². The van der Waals surface area contributed by atoms with E-state index in [-0.39, 0.29) is 16.9 Å². The lowest BCUT2D eigenvalue weighted by molar-refractivity contribution is -0.124. The third-order valence-corrected chi connectivity index (χ3v) is 8.00. The maximum Gasteiger partial charge on any atom is 0.294 e. The van der Waals surface area contributed by atoms with Crippen LogP contribution in [-0.4, -0.2) is 65.2 Å². The molecule has 0 spiro atoms. The summed E-state index contributed by atoms with van der Waals surface area (Å²) in [7, 11) is 3.00. The number of likely N-dealkylation sites (N-methyl/N-ethyl adjacent to an activating group) is 1. The summed E-state index contributed by atoms with van der Waals surface area (Å²) in [5, 5.41) is 3.61. The molecule has 5 N–H and O–H groups in total. The zero-order valence-electron chi connectivity index (χ0n) is 21.9. The van der Waals surface area contributed by atoms with Crippen molar-refractivity contribution in [2.45, 2.75) is 35.2 Å². The van der Waals surface area contributed by atoms with E-state index in [9.17, 15) is 14.4 Å². The molecule has 0 aliphatic carbocycles. The fourth-order valence-electron chi connectivity index (χ4n) is 3.94. The second kappa shape index (κ2) is 11.6. The van der Waals surface area contributed by atoms with Gasteiger partial charge in [-0.2, -0.15) is 0 Å². The van der Waals surface area contributed by atoms with Gasteiger partial charge in [0.05, 0.1) is 16.9 Å². The third kappa shape index (κ3) is 6.67. The first kappa shape index (κ1) is 28.3. The number of piperidine rings is 1. The molecule has 3 aromatic rings. The van der Waals surface area contributed by atoms with Crippen molar-refractivity contribution in [2.24, 2.45) is 5.73 Å². The number of hydrogen-bond donors (Lipinski definition) is 3. The van der Waals surface area contributed by atoms with Crippen LogP contribution in [0.5, 0.6) is 0 Å². The Labute approximate surface area is 236 Å². The van der Waals surface area contributed by atoms with Crippen molar-refractivity contribution in [1.29, 1.82) is 0 Å². The Balaban J connectivity index is 1.44. The number of ketones is 1. The van der Waals surface area contributed by atoms with Crippen LogP contribution in [0.15, 0.2) is 58.6 Å². The molecule has 1 aliphatic heterocycles. The van der Waals surface area contributed by atoms with Gasteiger partial charge in [0, 0.05) is 48.7 Å². The van der Waals surface area contributed by atoms with Gasteiger partial charge in [0.1, 0.15) is 10.8 Å². The molecule has 0 unspecified atom stereocenters. The predicted octanol–water partition coefficient (Wildman–Crippen LogP) is 3.70. The van der Waals surface area contributed by atoms with Crippen molar-refractivity contribution in [3.63, 3.8) is 0 Å². The number of nitrogens with one attached hydrogen (secondary N) is 1. The van der Waals surface area contributed by atoms with Gasteiger partial charge in [0.15, 0.2) is 5.82 Å². The molecule has 4 rings (SSSR count). The molecular formula is C27H30ClN7O3S. The van der Waals surface area contributed by atoms with Crippen molar-refractivity contribution in [1.82, 2.24) is 14.9 Å². The van der Waals surface area contributed by atoms with Crippen LogP contribution in [0, 0.1) is 0 Å². The lowest BCUT2D eigenvalue weighted by atomic mass is 9.91. The molecule has 2 aromatic carbocycles. The van der Waals surface area contributed by atoms with Gasteiger partial charge in [0.25, 0.3) is 11.8 Å². The van der Waals surface area contributed by atoms with Gasteiger partial charge < -0.3 is 26.6 Å². The number of anilines is 3. The average Bonchev–Trinajstić information content (AvgIpc) is 2.91. The van der Waals surface area contributed by atoms with Crippen LogP contribution in [-0.2, 0) is 4.79 Å². The monoisotopic (exact) mass is 567 g/mol. The number of nitrogen functional groups attached to an aromatic ring is 1. The highest BCUT2D eigenvalue weighted by Gasteiger charge is 2.27. The van der Waals surface area contributed by atoms with Gasteiger partial charge in [0.2, 0.25) is 5.78 Å². The van der Waals surface area contributed by atoms with E-state index in [4.69, 9.17) is 23.1 Å². The summed E-state index contributed by atoms with van der Waals surface area (Å²) < 4.78 is 0. The Morgan fingerprint density at radius 2 is 1.72 bits per heavy atom. The van der Waals surface area contributed by atoms with Crippen molar-refractivity contribution >= 4 is 58.3 Å². The second-order valence-electron chi connectivity index (χ2n) is 9.84. The highest BCUT2D eigenvalue weighted by atomic mass is 35.5. The van der Waals surface area contributed by atoms with E-state index in [0.717, 1.165) is 25.9 Å². The first-order valence-corrected chi connectivity index (χ1v) is 13.4. The molecule has 12 heteroatoms. The molecule has 1 aliphatic rings. The fraction of sp³-hybridized carbons (Fsp3) is 0.296. The van der Waals surface area contributed by atoms with E-state index in [1.54, 1.807) is 24.4 Å². The molecule has 0 radical (unpaired) electrons. The highest BCUT2D eigenvalue weighted by molar-refractivity contribution is 7.99. The lowest BCUT2D eigenvalue weighted by Crippen LogP contribution is -2.48. The molecule has 0 bridgehead atoms. The van der Waals surface area contributed by atoms with E-state index >= 15 is 0 Å². The van der Waals surface area contributed by atoms with Crippen LogP contribution in [0.1, 0.15) is 40.5 Å². The number of nitrogens with two attached hydrogens (primary N) is 2. The standard InChI is InChI=1S/C27H30ClN7O3S/c1-27(30)11-13-35(14-12-27)20-15-31-25(23(29)33-20)39-19-6-4-5-18(21(19)28)32-24(37)17-9-7-16(8-10-17)22(36)26(38)34(2)3/h4-10,15H,11-14,30H2,1-3H3,(H2,29,33)(H,32,37). The van der Waals surface area contributed by atoms with Crippen LogP contribution >= 0.6 is 23.4 Å². The molecule has 39 heavy (non-hydrogen) atoms. The first-order chi connectivity index (χ1) is 18.4. The Morgan fingerprint density at radius 3 is 2.33 bits per heavy atom.